The number of hydrogen-bond donors (Lipinski definition) is 2. The van der Waals surface area contributed by atoms with Crippen LogP contribution in [0, 0.1) is 0 Å². The van der Waals surface area contributed by atoms with E-state index in [9.17, 15) is 4.79 Å². The first kappa shape index (κ1) is 12.1. The van der Waals surface area contributed by atoms with E-state index in [1.807, 2.05) is 13.0 Å². The van der Waals surface area contributed by atoms with Crippen molar-refractivity contribution >= 4 is 23.5 Å². The molecular formula is C10H17N3OS. The van der Waals surface area contributed by atoms with Gasteiger partial charge in [0.1, 0.15) is 0 Å². The maximum Gasteiger partial charge on any atom is 0.235 e. The Morgan fingerprint density at radius 1 is 1.67 bits per heavy atom. The van der Waals surface area contributed by atoms with Crippen LogP contribution in [0.3, 0.4) is 0 Å². The number of aryl methyl sites for hydroxylation is 1. The van der Waals surface area contributed by atoms with E-state index in [4.69, 9.17) is 0 Å². The van der Waals surface area contributed by atoms with Crippen LogP contribution in [0.5, 0.6) is 0 Å². The number of carbonyl (C=O) groups excluding carboxylic acids is 1. The topological polar surface area (TPSA) is 57.8 Å². The van der Waals surface area contributed by atoms with Gasteiger partial charge in [0.15, 0.2) is 5.82 Å². The zero-order valence-electron chi connectivity index (χ0n) is 9.33. The van der Waals surface area contributed by atoms with Gasteiger partial charge < -0.3 is 5.32 Å². The highest BCUT2D eigenvalue weighted by Gasteiger charge is 2.06. The van der Waals surface area contributed by atoms with E-state index in [0.717, 1.165) is 12.1 Å². The summed E-state index contributed by atoms with van der Waals surface area (Å²) in [6, 6.07) is 1.86. The van der Waals surface area contributed by atoms with E-state index in [2.05, 4.69) is 29.4 Å². The van der Waals surface area contributed by atoms with Crippen molar-refractivity contribution in [1.29, 1.82) is 0 Å². The first-order valence-corrected chi connectivity index (χ1v) is 6.12. The van der Waals surface area contributed by atoms with Crippen LogP contribution in [0.15, 0.2) is 6.07 Å². The van der Waals surface area contributed by atoms with Crippen molar-refractivity contribution in [2.75, 3.05) is 11.1 Å². The average molecular weight is 227 g/mol. The first-order chi connectivity index (χ1) is 7.11. The van der Waals surface area contributed by atoms with Gasteiger partial charge in [0.05, 0.1) is 5.75 Å². The molecule has 1 amide bonds. The molecule has 0 aliphatic carbocycles. The molecule has 4 nitrogen and oxygen atoms in total. The Balaban J connectivity index is 2.37. The summed E-state index contributed by atoms with van der Waals surface area (Å²) < 4.78 is 0. The van der Waals surface area contributed by atoms with Crippen LogP contribution in [0.4, 0.5) is 5.82 Å². The number of aromatic amines is 1. The van der Waals surface area contributed by atoms with Crippen LogP contribution < -0.4 is 5.32 Å². The van der Waals surface area contributed by atoms with Crippen molar-refractivity contribution < 1.29 is 4.79 Å². The number of aromatic nitrogens is 2. The van der Waals surface area contributed by atoms with Crippen molar-refractivity contribution in [3.05, 3.63) is 11.8 Å². The molecule has 1 aromatic heterocycles. The molecule has 0 aromatic carbocycles. The van der Waals surface area contributed by atoms with E-state index in [1.165, 1.54) is 0 Å². The number of H-pyrrole nitrogens is 1. The zero-order valence-corrected chi connectivity index (χ0v) is 10.1. The van der Waals surface area contributed by atoms with Crippen molar-refractivity contribution in [3.63, 3.8) is 0 Å². The summed E-state index contributed by atoms with van der Waals surface area (Å²) >= 11 is 1.62. The van der Waals surface area contributed by atoms with E-state index < -0.39 is 0 Å². The lowest BCUT2D eigenvalue weighted by molar-refractivity contribution is -0.113. The lowest BCUT2D eigenvalue weighted by Crippen LogP contribution is -2.15. The molecule has 84 valence electrons. The predicted molar refractivity (Wildman–Crippen MR) is 64.2 cm³/mol. The number of carbonyl (C=O) groups is 1. The number of anilines is 1. The molecule has 0 radical (unpaired) electrons. The van der Waals surface area contributed by atoms with E-state index in [-0.39, 0.29) is 5.91 Å². The van der Waals surface area contributed by atoms with Gasteiger partial charge in [-0.25, -0.2) is 0 Å². The average Bonchev–Trinajstić information content (AvgIpc) is 2.62. The second-order valence-electron chi connectivity index (χ2n) is 3.54. The highest BCUT2D eigenvalue weighted by molar-refractivity contribution is 8.00. The molecule has 0 unspecified atom stereocenters. The Hall–Kier alpha value is -0.970. The molecule has 0 saturated heterocycles. The van der Waals surface area contributed by atoms with Crippen LogP contribution in [-0.4, -0.2) is 27.1 Å². The molecule has 0 bridgehead atoms. The second-order valence-corrected chi connectivity index (χ2v) is 5.10. The number of nitrogens with zero attached hydrogens (tertiary/aromatic N) is 1. The Morgan fingerprint density at radius 3 is 2.93 bits per heavy atom. The summed E-state index contributed by atoms with van der Waals surface area (Å²) in [5, 5.41) is 10.1. The van der Waals surface area contributed by atoms with Gasteiger partial charge in [-0.3, -0.25) is 9.89 Å². The minimum atomic E-state index is 0.00264. The third kappa shape index (κ3) is 4.38. The zero-order chi connectivity index (χ0) is 11.3. The van der Waals surface area contributed by atoms with Crippen LogP contribution >= 0.6 is 11.8 Å². The summed E-state index contributed by atoms with van der Waals surface area (Å²) in [7, 11) is 0. The molecule has 1 rings (SSSR count). The van der Waals surface area contributed by atoms with E-state index >= 15 is 0 Å². The minimum absolute atomic E-state index is 0.00264. The number of rotatable bonds is 5. The maximum absolute atomic E-state index is 11.4. The fraction of sp³-hybridized carbons (Fsp3) is 0.600. The van der Waals surface area contributed by atoms with Crippen molar-refractivity contribution in [1.82, 2.24) is 10.2 Å². The summed E-state index contributed by atoms with van der Waals surface area (Å²) in [5.41, 5.74) is 1.03. The van der Waals surface area contributed by atoms with Gasteiger partial charge in [-0.2, -0.15) is 5.10 Å². The molecule has 2 N–H and O–H groups in total. The number of nitrogens with one attached hydrogen (secondary N) is 2. The smallest absolute Gasteiger partial charge is 0.235 e. The fourth-order valence-corrected chi connectivity index (χ4v) is 1.58. The Bertz CT molecular complexity index is 322. The first-order valence-electron chi connectivity index (χ1n) is 5.07. The van der Waals surface area contributed by atoms with Gasteiger partial charge in [-0.05, 0) is 11.7 Å². The van der Waals surface area contributed by atoms with Crippen molar-refractivity contribution in [3.8, 4) is 0 Å². The lowest BCUT2D eigenvalue weighted by atomic mass is 10.3. The normalized spacial score (nSPS) is 10.7. The molecule has 1 heterocycles. The van der Waals surface area contributed by atoms with Gasteiger partial charge in [0.2, 0.25) is 5.91 Å². The fourth-order valence-electron chi connectivity index (χ4n) is 1.03. The van der Waals surface area contributed by atoms with Gasteiger partial charge in [-0.1, -0.05) is 20.8 Å². The quantitative estimate of drug-likeness (QED) is 0.809. The van der Waals surface area contributed by atoms with Gasteiger partial charge in [0, 0.05) is 11.8 Å². The van der Waals surface area contributed by atoms with E-state index in [0.29, 0.717) is 16.8 Å². The van der Waals surface area contributed by atoms with Crippen LogP contribution in [-0.2, 0) is 11.2 Å². The maximum atomic E-state index is 11.4. The van der Waals surface area contributed by atoms with Crippen LogP contribution in [0.1, 0.15) is 26.5 Å². The molecular weight excluding hydrogens is 210 g/mol. The second kappa shape index (κ2) is 5.80. The highest BCUT2D eigenvalue weighted by Crippen LogP contribution is 2.10. The number of amides is 1. The number of thioether (sulfide) groups is 1. The van der Waals surface area contributed by atoms with Gasteiger partial charge in [0.25, 0.3) is 0 Å². The van der Waals surface area contributed by atoms with Crippen LogP contribution in [0.25, 0.3) is 0 Å². The van der Waals surface area contributed by atoms with Gasteiger partial charge >= 0.3 is 0 Å². The Labute approximate surface area is 94.2 Å². The molecule has 5 heteroatoms. The van der Waals surface area contributed by atoms with Crippen molar-refractivity contribution in [2.24, 2.45) is 0 Å². The standard InChI is InChI=1S/C10H17N3OS/c1-4-8-5-9(13-12-8)11-10(14)6-15-7(2)3/h5,7H,4,6H2,1-3H3,(H2,11,12,13,14). The van der Waals surface area contributed by atoms with Crippen LogP contribution in [0.2, 0.25) is 0 Å². The largest absolute Gasteiger partial charge is 0.308 e. The molecule has 1 aromatic rings. The Kier molecular flexibility index (Phi) is 4.68. The SMILES string of the molecule is CCc1cc(NC(=O)CSC(C)C)n[nH]1. The molecule has 15 heavy (non-hydrogen) atoms. The summed E-state index contributed by atoms with van der Waals surface area (Å²) in [5.74, 6) is 1.09. The summed E-state index contributed by atoms with van der Waals surface area (Å²) in [6.45, 7) is 6.18. The minimum Gasteiger partial charge on any atom is -0.308 e. The molecule has 0 fully saturated rings. The van der Waals surface area contributed by atoms with E-state index in [1.54, 1.807) is 11.8 Å². The molecule has 0 saturated carbocycles. The molecule has 0 aliphatic heterocycles. The molecule has 0 atom stereocenters. The third-order valence-corrected chi connectivity index (χ3v) is 2.92. The highest BCUT2D eigenvalue weighted by atomic mass is 32.2. The monoisotopic (exact) mass is 227 g/mol. The summed E-state index contributed by atoms with van der Waals surface area (Å²) in [4.78, 5) is 11.4. The molecule has 0 spiro atoms. The molecule has 0 aliphatic rings. The number of hydrogen-bond acceptors (Lipinski definition) is 3. The third-order valence-electron chi connectivity index (χ3n) is 1.83. The predicted octanol–water partition coefficient (Wildman–Crippen LogP) is 2.05. The van der Waals surface area contributed by atoms with Gasteiger partial charge in [-0.15, -0.1) is 11.8 Å². The Morgan fingerprint density at radius 2 is 2.40 bits per heavy atom. The lowest BCUT2D eigenvalue weighted by Gasteiger charge is -2.03. The van der Waals surface area contributed by atoms with Crippen molar-refractivity contribution in [2.45, 2.75) is 32.4 Å². The summed E-state index contributed by atoms with van der Waals surface area (Å²) in [6.07, 6.45) is 0.892.